The van der Waals surface area contributed by atoms with E-state index in [1.54, 1.807) is 11.5 Å². The van der Waals surface area contributed by atoms with Crippen LogP contribution in [0.25, 0.3) is 10.9 Å². The molecular weight excluding hydrogens is 427 g/mol. The number of halogens is 1. The second-order valence-corrected chi connectivity index (χ2v) is 8.25. The number of aromatic nitrogens is 1. The molecule has 172 valence electrons. The summed E-state index contributed by atoms with van der Waals surface area (Å²) in [5, 5.41) is 9.85. The number of hydrogen-bond acceptors (Lipinski definition) is 6. The van der Waals surface area contributed by atoms with Gasteiger partial charge in [0.15, 0.2) is 11.6 Å². The van der Waals surface area contributed by atoms with Gasteiger partial charge in [0, 0.05) is 16.6 Å². The maximum atomic E-state index is 14.8. The molecule has 1 aliphatic carbocycles. The molecule has 8 heteroatoms. The highest BCUT2D eigenvalue weighted by Crippen LogP contribution is 2.55. The monoisotopic (exact) mass is 452 g/mol. The quantitative estimate of drug-likeness (QED) is 0.307. The highest BCUT2D eigenvalue weighted by atomic mass is 19.1. The van der Waals surface area contributed by atoms with Crippen LogP contribution in [0, 0.1) is 17.2 Å². The van der Waals surface area contributed by atoms with Crippen molar-refractivity contribution >= 4 is 22.8 Å². The fourth-order valence-corrected chi connectivity index (χ4v) is 4.32. The summed E-state index contributed by atoms with van der Waals surface area (Å²) in [5.74, 6) is -2.41. The van der Waals surface area contributed by atoms with E-state index in [-0.39, 0.29) is 25.2 Å². The van der Waals surface area contributed by atoms with E-state index in [0.717, 1.165) is 28.6 Å². The average Bonchev–Trinajstić information content (AvgIpc) is 3.57. The first kappa shape index (κ1) is 22.7. The Kier molecular flexibility index (Phi) is 6.29. The molecule has 2 atom stereocenters. The number of fused-ring (bicyclic) bond motifs is 1. The van der Waals surface area contributed by atoms with Crippen LogP contribution in [0.1, 0.15) is 30.2 Å². The van der Waals surface area contributed by atoms with Crippen LogP contribution >= 0.6 is 0 Å². The molecule has 0 radical (unpaired) electrons. The maximum Gasteiger partial charge on any atom is 0.312 e. The molecule has 1 amide bonds. The number of methoxy groups -OCH3 is 1. The van der Waals surface area contributed by atoms with Gasteiger partial charge in [-0.15, -0.1) is 0 Å². The molecule has 1 saturated carbocycles. The lowest BCUT2D eigenvalue weighted by atomic mass is 9.93. The number of hydrogen-bond donors (Lipinski definition) is 2. The number of aryl methyl sites for hydroxylation is 1. The maximum absolute atomic E-state index is 14.8. The van der Waals surface area contributed by atoms with Crippen molar-refractivity contribution in [2.45, 2.75) is 32.8 Å². The second kappa shape index (κ2) is 9.15. The SMILES string of the molecule is CCc1cc(COc2ccc(CC3(C(=O)OC)CC3C(=O)NO)cc2F)c2ccccc2n1. The summed E-state index contributed by atoms with van der Waals surface area (Å²) in [5.41, 5.74) is 3.71. The van der Waals surface area contributed by atoms with Gasteiger partial charge in [-0.25, -0.2) is 9.87 Å². The number of carbonyl (C=O) groups is 2. The molecule has 33 heavy (non-hydrogen) atoms. The molecule has 1 aliphatic rings. The standard InChI is InChI=1S/C25H25FN2O5/c1-3-17-11-16(18-6-4-5-7-21(18)27-17)14-33-22-9-8-15(10-20(22)26)12-25(24(30)32-2)13-19(25)23(29)28-31/h4-11,19,31H,3,12-14H2,1-2H3,(H,28,29). The van der Waals surface area contributed by atoms with E-state index in [1.165, 1.54) is 19.2 Å². The smallest absolute Gasteiger partial charge is 0.312 e. The molecule has 2 N–H and O–H groups in total. The molecule has 0 spiro atoms. The highest BCUT2D eigenvalue weighted by molar-refractivity contribution is 5.93. The molecule has 1 aromatic heterocycles. The number of benzene rings is 2. The van der Waals surface area contributed by atoms with Crippen LogP contribution in [-0.4, -0.2) is 29.2 Å². The molecular formula is C25H25FN2O5. The van der Waals surface area contributed by atoms with E-state index in [4.69, 9.17) is 14.7 Å². The Labute approximate surface area is 190 Å². The van der Waals surface area contributed by atoms with Gasteiger partial charge in [-0.2, -0.15) is 0 Å². The Hall–Kier alpha value is -3.52. The van der Waals surface area contributed by atoms with Crippen LogP contribution in [0.5, 0.6) is 5.75 Å². The van der Waals surface area contributed by atoms with Gasteiger partial charge in [-0.1, -0.05) is 31.2 Å². The number of amides is 1. The summed E-state index contributed by atoms with van der Waals surface area (Å²) in [6.45, 7) is 2.20. The number of rotatable bonds is 8. The third-order valence-corrected chi connectivity index (χ3v) is 6.21. The van der Waals surface area contributed by atoms with E-state index >= 15 is 0 Å². The summed E-state index contributed by atoms with van der Waals surface area (Å²) < 4.78 is 25.5. The number of nitrogens with zero attached hydrogens (tertiary/aromatic N) is 1. The van der Waals surface area contributed by atoms with Crippen molar-refractivity contribution in [2.24, 2.45) is 11.3 Å². The lowest BCUT2D eigenvalue weighted by Gasteiger charge is -2.16. The first-order valence-corrected chi connectivity index (χ1v) is 10.7. The Morgan fingerprint density at radius 2 is 2.03 bits per heavy atom. The molecule has 0 bridgehead atoms. The molecule has 2 unspecified atom stereocenters. The summed E-state index contributed by atoms with van der Waals surface area (Å²) >= 11 is 0. The minimum Gasteiger partial charge on any atom is -0.486 e. The van der Waals surface area contributed by atoms with Crippen molar-refractivity contribution in [1.29, 1.82) is 0 Å². The fraction of sp³-hybridized carbons (Fsp3) is 0.320. The molecule has 2 aromatic carbocycles. The Morgan fingerprint density at radius 1 is 1.24 bits per heavy atom. The van der Waals surface area contributed by atoms with E-state index in [1.807, 2.05) is 37.3 Å². The van der Waals surface area contributed by atoms with E-state index in [9.17, 15) is 14.0 Å². The predicted molar refractivity (Wildman–Crippen MR) is 118 cm³/mol. The number of ether oxygens (including phenoxy) is 2. The van der Waals surface area contributed by atoms with E-state index in [0.29, 0.717) is 5.56 Å². The van der Waals surface area contributed by atoms with Gasteiger partial charge >= 0.3 is 5.97 Å². The minimum absolute atomic E-state index is 0.0882. The Balaban J connectivity index is 1.52. The predicted octanol–water partition coefficient (Wildman–Crippen LogP) is 3.74. The summed E-state index contributed by atoms with van der Waals surface area (Å²) in [6, 6.07) is 14.2. The molecule has 7 nitrogen and oxygen atoms in total. The summed E-state index contributed by atoms with van der Waals surface area (Å²) in [6.07, 6.45) is 1.11. The van der Waals surface area contributed by atoms with Crippen LogP contribution in [0.2, 0.25) is 0 Å². The van der Waals surface area contributed by atoms with Crippen LogP contribution < -0.4 is 10.2 Å². The number of hydroxylamine groups is 1. The first-order valence-electron chi connectivity index (χ1n) is 10.7. The normalized spacial score (nSPS) is 19.2. The van der Waals surface area contributed by atoms with Crippen molar-refractivity contribution in [3.8, 4) is 5.75 Å². The molecule has 0 saturated heterocycles. The number of carbonyl (C=O) groups excluding carboxylic acids is 2. The molecule has 4 rings (SSSR count). The summed E-state index contributed by atoms with van der Waals surface area (Å²) in [4.78, 5) is 28.7. The Morgan fingerprint density at radius 3 is 2.73 bits per heavy atom. The van der Waals surface area contributed by atoms with Crippen LogP contribution in [0.4, 0.5) is 4.39 Å². The van der Waals surface area contributed by atoms with E-state index in [2.05, 4.69) is 4.98 Å². The number of pyridine rings is 1. The van der Waals surface area contributed by atoms with Crippen LogP contribution in [-0.2, 0) is 33.8 Å². The van der Waals surface area contributed by atoms with Crippen molar-refractivity contribution < 1.29 is 28.7 Å². The minimum atomic E-state index is -1.11. The molecule has 1 fully saturated rings. The van der Waals surface area contributed by atoms with Gasteiger partial charge in [0.05, 0.1) is 24.0 Å². The van der Waals surface area contributed by atoms with Gasteiger partial charge in [0.1, 0.15) is 6.61 Å². The first-order chi connectivity index (χ1) is 15.9. The zero-order valence-electron chi connectivity index (χ0n) is 18.4. The Bertz CT molecular complexity index is 1210. The van der Waals surface area contributed by atoms with Crippen LogP contribution in [0.15, 0.2) is 48.5 Å². The largest absolute Gasteiger partial charge is 0.486 e. The lowest BCUT2D eigenvalue weighted by molar-refractivity contribution is -0.149. The molecule has 3 aromatic rings. The van der Waals surface area contributed by atoms with Crippen molar-refractivity contribution in [3.63, 3.8) is 0 Å². The highest BCUT2D eigenvalue weighted by Gasteiger charge is 2.64. The molecule has 1 heterocycles. The third-order valence-electron chi connectivity index (χ3n) is 6.21. The van der Waals surface area contributed by atoms with Crippen molar-refractivity contribution in [1.82, 2.24) is 10.5 Å². The zero-order chi connectivity index (χ0) is 23.6. The number of para-hydroxylation sites is 1. The zero-order valence-corrected chi connectivity index (χ0v) is 18.4. The van der Waals surface area contributed by atoms with Gasteiger partial charge < -0.3 is 9.47 Å². The van der Waals surface area contributed by atoms with Gasteiger partial charge in [-0.3, -0.25) is 19.8 Å². The number of nitrogens with one attached hydrogen (secondary N) is 1. The fourth-order valence-electron chi connectivity index (χ4n) is 4.32. The molecule has 0 aliphatic heterocycles. The van der Waals surface area contributed by atoms with Crippen molar-refractivity contribution in [3.05, 3.63) is 71.2 Å². The summed E-state index contributed by atoms with van der Waals surface area (Å²) in [7, 11) is 1.24. The second-order valence-electron chi connectivity index (χ2n) is 8.25. The lowest BCUT2D eigenvalue weighted by Crippen LogP contribution is -2.30. The van der Waals surface area contributed by atoms with Gasteiger partial charge in [0.2, 0.25) is 5.91 Å². The average molecular weight is 452 g/mol. The van der Waals surface area contributed by atoms with Crippen LogP contribution in [0.3, 0.4) is 0 Å². The number of esters is 1. The van der Waals surface area contributed by atoms with E-state index < -0.39 is 29.0 Å². The third kappa shape index (κ3) is 4.39. The van der Waals surface area contributed by atoms with Gasteiger partial charge in [0.25, 0.3) is 0 Å². The van der Waals surface area contributed by atoms with Crippen molar-refractivity contribution in [2.75, 3.05) is 7.11 Å². The topological polar surface area (TPSA) is 97.8 Å². The van der Waals surface area contributed by atoms with Gasteiger partial charge in [-0.05, 0) is 49.1 Å².